The van der Waals surface area contributed by atoms with Crippen molar-refractivity contribution in [3.05, 3.63) is 0 Å². The minimum atomic E-state index is -0.856. The molecule has 2 atom stereocenters. The van der Waals surface area contributed by atoms with Crippen molar-refractivity contribution in [3.8, 4) is 0 Å². The van der Waals surface area contributed by atoms with Crippen LogP contribution in [0.15, 0.2) is 0 Å². The van der Waals surface area contributed by atoms with Crippen LogP contribution in [0.2, 0.25) is 0 Å². The third-order valence-electron chi connectivity index (χ3n) is 4.54. The zero-order valence-corrected chi connectivity index (χ0v) is 13.1. The lowest BCUT2D eigenvalue weighted by Gasteiger charge is -2.46. The van der Waals surface area contributed by atoms with E-state index in [9.17, 15) is 9.90 Å². The number of nitrogens with one attached hydrogen (secondary N) is 1. The standard InChI is InChI=1S/C15H29N3O2/c1-12(2)16-15(3,14(19)20)11-17-8-9-18-7-5-4-6-13(18)10-17/h12-13,16H,4-11H2,1-3H3,(H,19,20). The van der Waals surface area contributed by atoms with Gasteiger partial charge in [-0.25, -0.2) is 0 Å². The number of carbonyl (C=O) groups is 1. The fourth-order valence-electron chi connectivity index (χ4n) is 3.62. The van der Waals surface area contributed by atoms with Crippen molar-refractivity contribution in [2.45, 2.75) is 57.7 Å². The van der Waals surface area contributed by atoms with Crippen LogP contribution in [-0.4, -0.2) is 71.2 Å². The molecule has 0 aliphatic carbocycles. The number of rotatable bonds is 5. The van der Waals surface area contributed by atoms with Gasteiger partial charge in [0, 0.05) is 38.3 Å². The molecular weight excluding hydrogens is 254 g/mol. The topological polar surface area (TPSA) is 55.8 Å². The van der Waals surface area contributed by atoms with E-state index in [4.69, 9.17) is 0 Å². The van der Waals surface area contributed by atoms with Crippen LogP contribution in [0.3, 0.4) is 0 Å². The molecule has 2 heterocycles. The number of carboxylic acids is 1. The van der Waals surface area contributed by atoms with Gasteiger partial charge in [-0.3, -0.25) is 19.9 Å². The summed E-state index contributed by atoms with van der Waals surface area (Å²) in [7, 11) is 0. The predicted octanol–water partition coefficient (Wildman–Crippen LogP) is 0.998. The molecule has 5 heteroatoms. The first-order valence-electron chi connectivity index (χ1n) is 7.88. The second-order valence-corrected chi connectivity index (χ2v) is 6.86. The Bertz CT molecular complexity index is 348. The first-order valence-corrected chi connectivity index (χ1v) is 7.88. The Labute approximate surface area is 122 Å². The van der Waals surface area contributed by atoms with Gasteiger partial charge >= 0.3 is 5.97 Å². The molecule has 20 heavy (non-hydrogen) atoms. The fraction of sp³-hybridized carbons (Fsp3) is 0.933. The summed E-state index contributed by atoms with van der Waals surface area (Å²) in [5.41, 5.74) is -0.856. The molecule has 5 nitrogen and oxygen atoms in total. The van der Waals surface area contributed by atoms with Gasteiger partial charge in [-0.15, -0.1) is 0 Å². The second kappa shape index (κ2) is 6.41. The van der Waals surface area contributed by atoms with Crippen molar-refractivity contribution in [3.63, 3.8) is 0 Å². The maximum atomic E-state index is 11.6. The summed E-state index contributed by atoms with van der Waals surface area (Å²) in [6, 6.07) is 0.807. The summed E-state index contributed by atoms with van der Waals surface area (Å²) in [6.07, 6.45) is 3.89. The highest BCUT2D eigenvalue weighted by Gasteiger charge is 2.38. The normalized spacial score (nSPS) is 28.1. The Kier molecular flexibility index (Phi) is 5.04. The summed E-state index contributed by atoms with van der Waals surface area (Å²) in [6.45, 7) is 10.7. The number of hydrogen-bond acceptors (Lipinski definition) is 4. The van der Waals surface area contributed by atoms with Crippen LogP contribution >= 0.6 is 0 Å². The number of aliphatic carboxylic acids is 1. The maximum Gasteiger partial charge on any atom is 0.324 e. The van der Waals surface area contributed by atoms with Crippen LogP contribution in [0.25, 0.3) is 0 Å². The minimum absolute atomic E-state index is 0.173. The SMILES string of the molecule is CC(C)NC(C)(CN1CCN2CCCCC2C1)C(=O)O. The van der Waals surface area contributed by atoms with Gasteiger partial charge in [0.2, 0.25) is 0 Å². The molecule has 0 bridgehead atoms. The van der Waals surface area contributed by atoms with Crippen LogP contribution < -0.4 is 5.32 Å². The number of hydrogen-bond donors (Lipinski definition) is 2. The van der Waals surface area contributed by atoms with E-state index in [0.29, 0.717) is 12.6 Å². The Morgan fingerprint density at radius 3 is 2.75 bits per heavy atom. The average molecular weight is 283 g/mol. The maximum absolute atomic E-state index is 11.6. The number of fused-ring (bicyclic) bond motifs is 1. The number of carboxylic acid groups (broad SMARTS) is 1. The molecule has 116 valence electrons. The van der Waals surface area contributed by atoms with E-state index in [1.807, 2.05) is 20.8 Å². The van der Waals surface area contributed by atoms with Crippen LogP contribution in [0.1, 0.15) is 40.0 Å². The Morgan fingerprint density at radius 1 is 1.35 bits per heavy atom. The van der Waals surface area contributed by atoms with Gasteiger partial charge < -0.3 is 5.11 Å². The van der Waals surface area contributed by atoms with E-state index >= 15 is 0 Å². The van der Waals surface area contributed by atoms with Gasteiger partial charge in [0.1, 0.15) is 5.54 Å². The van der Waals surface area contributed by atoms with E-state index in [0.717, 1.165) is 19.6 Å². The van der Waals surface area contributed by atoms with Gasteiger partial charge in [0.05, 0.1) is 0 Å². The van der Waals surface area contributed by atoms with E-state index in [2.05, 4.69) is 15.1 Å². The molecule has 2 rings (SSSR count). The summed E-state index contributed by atoms with van der Waals surface area (Å²) >= 11 is 0. The molecule has 2 N–H and O–H groups in total. The lowest BCUT2D eigenvalue weighted by Crippen LogP contribution is -2.63. The highest BCUT2D eigenvalue weighted by atomic mass is 16.4. The largest absolute Gasteiger partial charge is 0.480 e. The Morgan fingerprint density at radius 2 is 2.10 bits per heavy atom. The van der Waals surface area contributed by atoms with Crippen LogP contribution in [-0.2, 0) is 4.79 Å². The van der Waals surface area contributed by atoms with Gasteiger partial charge in [0.15, 0.2) is 0 Å². The first kappa shape index (κ1) is 15.7. The van der Waals surface area contributed by atoms with Gasteiger partial charge in [-0.05, 0) is 40.2 Å². The van der Waals surface area contributed by atoms with Crippen molar-refractivity contribution >= 4 is 5.97 Å². The number of piperazine rings is 1. The third-order valence-corrected chi connectivity index (χ3v) is 4.54. The van der Waals surface area contributed by atoms with E-state index in [1.54, 1.807) is 0 Å². The van der Waals surface area contributed by atoms with Gasteiger partial charge in [0.25, 0.3) is 0 Å². The van der Waals surface area contributed by atoms with E-state index in [-0.39, 0.29) is 6.04 Å². The lowest BCUT2D eigenvalue weighted by atomic mass is 9.96. The Hall–Kier alpha value is -0.650. The molecule has 2 saturated heterocycles. The molecular formula is C15H29N3O2. The van der Waals surface area contributed by atoms with Crippen molar-refractivity contribution in [1.29, 1.82) is 0 Å². The lowest BCUT2D eigenvalue weighted by molar-refractivity contribution is -0.145. The molecule has 0 radical (unpaired) electrons. The fourth-order valence-corrected chi connectivity index (χ4v) is 3.62. The molecule has 2 fully saturated rings. The number of nitrogens with zero attached hydrogens (tertiary/aromatic N) is 2. The third kappa shape index (κ3) is 3.71. The molecule has 0 amide bonds. The smallest absolute Gasteiger partial charge is 0.324 e. The summed E-state index contributed by atoms with van der Waals surface area (Å²) in [5, 5.41) is 12.8. The predicted molar refractivity (Wildman–Crippen MR) is 80.0 cm³/mol. The average Bonchev–Trinajstić information content (AvgIpc) is 2.37. The minimum Gasteiger partial charge on any atom is -0.480 e. The molecule has 0 saturated carbocycles. The molecule has 2 aliphatic rings. The number of piperidine rings is 1. The van der Waals surface area contributed by atoms with Crippen LogP contribution in [0, 0.1) is 0 Å². The van der Waals surface area contributed by atoms with Crippen molar-refractivity contribution in [1.82, 2.24) is 15.1 Å². The molecule has 0 aromatic carbocycles. The van der Waals surface area contributed by atoms with E-state index in [1.165, 1.54) is 25.8 Å². The Balaban J connectivity index is 1.95. The molecule has 0 aromatic rings. The highest BCUT2D eigenvalue weighted by molar-refractivity contribution is 5.78. The molecule has 2 aliphatic heterocycles. The highest BCUT2D eigenvalue weighted by Crippen LogP contribution is 2.22. The van der Waals surface area contributed by atoms with Crippen molar-refractivity contribution in [2.24, 2.45) is 0 Å². The van der Waals surface area contributed by atoms with Crippen molar-refractivity contribution in [2.75, 3.05) is 32.7 Å². The zero-order valence-electron chi connectivity index (χ0n) is 13.1. The summed E-state index contributed by atoms with van der Waals surface area (Å²) < 4.78 is 0. The van der Waals surface area contributed by atoms with Gasteiger partial charge in [-0.1, -0.05) is 6.42 Å². The summed E-state index contributed by atoms with van der Waals surface area (Å²) in [4.78, 5) is 16.5. The van der Waals surface area contributed by atoms with E-state index < -0.39 is 11.5 Å². The van der Waals surface area contributed by atoms with Crippen molar-refractivity contribution < 1.29 is 9.90 Å². The molecule has 0 spiro atoms. The first-order chi connectivity index (χ1) is 9.40. The van der Waals surface area contributed by atoms with Gasteiger partial charge in [-0.2, -0.15) is 0 Å². The molecule has 2 unspecified atom stereocenters. The molecule has 0 aromatic heterocycles. The van der Waals surface area contributed by atoms with Crippen LogP contribution in [0.4, 0.5) is 0 Å². The quantitative estimate of drug-likeness (QED) is 0.788. The van der Waals surface area contributed by atoms with Crippen LogP contribution in [0.5, 0.6) is 0 Å². The zero-order chi connectivity index (χ0) is 14.8. The summed E-state index contributed by atoms with van der Waals surface area (Å²) in [5.74, 6) is -0.753. The monoisotopic (exact) mass is 283 g/mol. The second-order valence-electron chi connectivity index (χ2n) is 6.86.